The first-order valence-electron chi connectivity index (χ1n) is 8.42. The summed E-state index contributed by atoms with van der Waals surface area (Å²) in [5, 5.41) is 5.48. The van der Waals surface area contributed by atoms with Gasteiger partial charge in [-0.05, 0) is 48.6 Å². The van der Waals surface area contributed by atoms with Crippen LogP contribution in [0.1, 0.15) is 47.8 Å². The Balaban J connectivity index is 1.92. The van der Waals surface area contributed by atoms with E-state index in [1.165, 1.54) is 0 Å². The van der Waals surface area contributed by atoms with Gasteiger partial charge in [-0.2, -0.15) is 0 Å². The zero-order valence-electron chi connectivity index (χ0n) is 15.6. The quantitative estimate of drug-likeness (QED) is 0.886. The van der Waals surface area contributed by atoms with Gasteiger partial charge >= 0.3 is 0 Å². The first-order valence-corrected chi connectivity index (χ1v) is 8.42. The molecule has 0 atom stereocenters. The van der Waals surface area contributed by atoms with Crippen LogP contribution >= 0.6 is 0 Å². The van der Waals surface area contributed by atoms with E-state index in [0.29, 0.717) is 5.56 Å². The van der Waals surface area contributed by atoms with Gasteiger partial charge in [-0.3, -0.25) is 9.59 Å². The van der Waals surface area contributed by atoms with Crippen LogP contribution in [0.2, 0.25) is 0 Å². The van der Waals surface area contributed by atoms with E-state index in [1.54, 1.807) is 12.1 Å². The lowest BCUT2D eigenvalue weighted by Crippen LogP contribution is -2.33. The number of anilines is 1. The van der Waals surface area contributed by atoms with E-state index >= 15 is 0 Å². The molecule has 2 rings (SSSR count). The second kappa shape index (κ2) is 7.51. The molecule has 25 heavy (non-hydrogen) atoms. The molecule has 0 aromatic heterocycles. The van der Waals surface area contributed by atoms with E-state index in [4.69, 9.17) is 0 Å². The molecule has 4 nitrogen and oxygen atoms in total. The van der Waals surface area contributed by atoms with Crippen molar-refractivity contribution in [1.29, 1.82) is 0 Å². The Bertz CT molecular complexity index is 771. The maximum absolute atomic E-state index is 12.2. The summed E-state index contributed by atoms with van der Waals surface area (Å²) in [5.41, 5.74) is 4.66. The third kappa shape index (κ3) is 5.18. The zero-order valence-corrected chi connectivity index (χ0v) is 15.6. The highest BCUT2D eigenvalue weighted by molar-refractivity contribution is 5.99. The molecule has 4 heteroatoms. The van der Waals surface area contributed by atoms with Crippen molar-refractivity contribution >= 4 is 17.5 Å². The highest BCUT2D eigenvalue weighted by Crippen LogP contribution is 2.22. The lowest BCUT2D eigenvalue weighted by Gasteiger charge is -2.19. The molecule has 0 saturated heterocycles. The van der Waals surface area contributed by atoms with Crippen molar-refractivity contribution < 1.29 is 9.59 Å². The predicted molar refractivity (Wildman–Crippen MR) is 102 cm³/mol. The average Bonchev–Trinajstić information content (AvgIpc) is 2.54. The van der Waals surface area contributed by atoms with Crippen LogP contribution in [0.25, 0.3) is 0 Å². The second-order valence-electron chi connectivity index (χ2n) is 7.38. The van der Waals surface area contributed by atoms with E-state index in [-0.39, 0.29) is 23.8 Å². The molecule has 0 radical (unpaired) electrons. The second-order valence-corrected chi connectivity index (χ2v) is 7.38. The number of nitrogens with one attached hydrogen (secondary N) is 2. The van der Waals surface area contributed by atoms with Gasteiger partial charge in [0.25, 0.3) is 5.91 Å². The normalized spacial score (nSPS) is 11.1. The van der Waals surface area contributed by atoms with E-state index < -0.39 is 0 Å². The highest BCUT2D eigenvalue weighted by atomic mass is 16.2. The molecule has 0 aliphatic rings. The van der Waals surface area contributed by atoms with Crippen molar-refractivity contribution in [2.24, 2.45) is 0 Å². The zero-order chi connectivity index (χ0) is 18.6. The lowest BCUT2D eigenvalue weighted by molar-refractivity contribution is -0.115. The summed E-state index contributed by atoms with van der Waals surface area (Å²) in [6.07, 6.45) is 0. The fraction of sp³-hybridized carbons (Fsp3) is 0.333. The summed E-state index contributed by atoms with van der Waals surface area (Å²) >= 11 is 0. The Kier molecular flexibility index (Phi) is 5.62. The van der Waals surface area contributed by atoms with Crippen LogP contribution in [0.3, 0.4) is 0 Å². The van der Waals surface area contributed by atoms with Crippen LogP contribution in [0.4, 0.5) is 5.69 Å². The summed E-state index contributed by atoms with van der Waals surface area (Å²) in [4.78, 5) is 24.2. The molecule has 0 fully saturated rings. The van der Waals surface area contributed by atoms with Gasteiger partial charge in [0.2, 0.25) is 5.91 Å². The molecular weight excluding hydrogens is 312 g/mol. The fourth-order valence-corrected chi connectivity index (χ4v) is 2.53. The Morgan fingerprint density at radius 1 is 0.960 bits per heavy atom. The Labute approximate surface area is 149 Å². The minimum Gasteiger partial charge on any atom is -0.343 e. The molecule has 0 aliphatic carbocycles. The molecule has 2 aromatic carbocycles. The SMILES string of the molecule is Cc1ccc(NC(=O)CNC(=O)c2ccc(C(C)(C)C)cc2)c(C)c1. The highest BCUT2D eigenvalue weighted by Gasteiger charge is 2.14. The fourth-order valence-electron chi connectivity index (χ4n) is 2.53. The topological polar surface area (TPSA) is 58.2 Å². The molecule has 0 aliphatic heterocycles. The molecule has 2 aromatic rings. The van der Waals surface area contributed by atoms with Gasteiger partial charge < -0.3 is 10.6 Å². The summed E-state index contributed by atoms with van der Waals surface area (Å²) in [6, 6.07) is 13.3. The number of carbonyl (C=O) groups is 2. The third-order valence-corrected chi connectivity index (χ3v) is 4.08. The number of carbonyl (C=O) groups excluding carboxylic acids is 2. The summed E-state index contributed by atoms with van der Waals surface area (Å²) in [7, 11) is 0. The van der Waals surface area contributed by atoms with Gasteiger partial charge in [0.05, 0.1) is 6.54 Å². The summed E-state index contributed by atoms with van der Waals surface area (Å²) in [5.74, 6) is -0.497. The van der Waals surface area contributed by atoms with E-state index in [9.17, 15) is 9.59 Å². The minimum atomic E-state index is -0.253. The Hall–Kier alpha value is -2.62. The number of rotatable bonds is 4. The molecule has 0 unspecified atom stereocenters. The van der Waals surface area contributed by atoms with E-state index in [1.807, 2.05) is 44.2 Å². The Morgan fingerprint density at radius 2 is 1.60 bits per heavy atom. The van der Waals surface area contributed by atoms with Crippen molar-refractivity contribution in [2.45, 2.75) is 40.0 Å². The Morgan fingerprint density at radius 3 is 2.16 bits per heavy atom. The molecule has 0 saturated carbocycles. The molecule has 0 spiro atoms. The van der Waals surface area contributed by atoms with Crippen LogP contribution in [0, 0.1) is 13.8 Å². The van der Waals surface area contributed by atoms with Crippen molar-refractivity contribution in [3.8, 4) is 0 Å². The average molecular weight is 338 g/mol. The number of aryl methyl sites for hydroxylation is 2. The minimum absolute atomic E-state index is 0.0425. The third-order valence-electron chi connectivity index (χ3n) is 4.08. The number of amides is 2. The van der Waals surface area contributed by atoms with Crippen LogP contribution in [-0.2, 0) is 10.2 Å². The first-order chi connectivity index (χ1) is 11.7. The molecule has 2 amide bonds. The van der Waals surface area contributed by atoms with Crippen LogP contribution in [-0.4, -0.2) is 18.4 Å². The summed E-state index contributed by atoms with van der Waals surface area (Å²) in [6.45, 7) is 10.3. The number of benzene rings is 2. The first kappa shape index (κ1) is 18.7. The van der Waals surface area contributed by atoms with Crippen LogP contribution in [0.5, 0.6) is 0 Å². The van der Waals surface area contributed by atoms with Gasteiger partial charge in [0, 0.05) is 11.3 Å². The van der Waals surface area contributed by atoms with Crippen molar-refractivity contribution in [1.82, 2.24) is 5.32 Å². The van der Waals surface area contributed by atoms with Crippen LogP contribution < -0.4 is 10.6 Å². The van der Waals surface area contributed by atoms with Crippen molar-refractivity contribution in [3.63, 3.8) is 0 Å². The molecular formula is C21H26N2O2. The van der Waals surface area contributed by atoms with Crippen LogP contribution in [0.15, 0.2) is 42.5 Å². The van der Waals surface area contributed by atoms with Gasteiger partial charge in [0.15, 0.2) is 0 Å². The standard InChI is InChI=1S/C21H26N2O2/c1-14-6-11-18(15(2)12-14)23-19(24)13-22-20(25)16-7-9-17(10-8-16)21(3,4)5/h6-12H,13H2,1-5H3,(H,22,25)(H,23,24). The van der Waals surface area contributed by atoms with E-state index in [0.717, 1.165) is 22.4 Å². The number of hydrogen-bond acceptors (Lipinski definition) is 2. The summed E-state index contributed by atoms with van der Waals surface area (Å²) < 4.78 is 0. The molecule has 0 bridgehead atoms. The van der Waals surface area contributed by atoms with Gasteiger partial charge in [-0.15, -0.1) is 0 Å². The monoisotopic (exact) mass is 338 g/mol. The van der Waals surface area contributed by atoms with Gasteiger partial charge in [0.1, 0.15) is 0 Å². The lowest BCUT2D eigenvalue weighted by atomic mass is 9.87. The predicted octanol–water partition coefficient (Wildman–Crippen LogP) is 3.97. The van der Waals surface area contributed by atoms with Gasteiger partial charge in [-0.25, -0.2) is 0 Å². The molecule has 132 valence electrons. The maximum Gasteiger partial charge on any atom is 0.251 e. The van der Waals surface area contributed by atoms with Crippen molar-refractivity contribution in [2.75, 3.05) is 11.9 Å². The molecule has 0 heterocycles. The van der Waals surface area contributed by atoms with Crippen molar-refractivity contribution in [3.05, 3.63) is 64.7 Å². The number of hydrogen-bond donors (Lipinski definition) is 2. The van der Waals surface area contributed by atoms with E-state index in [2.05, 4.69) is 31.4 Å². The smallest absolute Gasteiger partial charge is 0.251 e. The molecule has 2 N–H and O–H groups in total. The maximum atomic E-state index is 12.2. The largest absolute Gasteiger partial charge is 0.343 e. The van der Waals surface area contributed by atoms with Gasteiger partial charge in [-0.1, -0.05) is 50.6 Å².